The monoisotopic (exact) mass is 431 g/mol. The number of fused-ring (bicyclic) bond motifs is 1. The van der Waals surface area contributed by atoms with Crippen LogP contribution in [0.3, 0.4) is 0 Å². The van der Waals surface area contributed by atoms with Crippen molar-refractivity contribution in [1.82, 2.24) is 9.38 Å². The Hall–Kier alpha value is -3.33. The van der Waals surface area contributed by atoms with Crippen molar-refractivity contribution in [2.75, 3.05) is 4.31 Å². The first kappa shape index (κ1) is 20.0. The van der Waals surface area contributed by atoms with E-state index in [0.717, 1.165) is 22.5 Å². The van der Waals surface area contributed by atoms with E-state index in [1.807, 2.05) is 0 Å². The highest BCUT2D eigenvalue weighted by Crippen LogP contribution is 2.32. The maximum absolute atomic E-state index is 13.4. The molecule has 0 spiro atoms. The molecule has 30 heavy (non-hydrogen) atoms. The van der Waals surface area contributed by atoms with Crippen molar-refractivity contribution < 1.29 is 21.6 Å². The number of rotatable bonds is 5. The molecular formula is C21H16F3N3O2S. The van der Waals surface area contributed by atoms with Crippen molar-refractivity contribution in [3.8, 4) is 0 Å². The van der Waals surface area contributed by atoms with Crippen LogP contribution in [0.15, 0.2) is 90.1 Å². The molecule has 0 saturated carbocycles. The van der Waals surface area contributed by atoms with Gasteiger partial charge in [0.05, 0.1) is 34.6 Å². The number of para-hydroxylation sites is 1. The topological polar surface area (TPSA) is 54.7 Å². The number of imidazole rings is 1. The van der Waals surface area contributed by atoms with Crippen LogP contribution in [0.25, 0.3) is 5.65 Å². The van der Waals surface area contributed by atoms with Gasteiger partial charge < -0.3 is 4.40 Å². The van der Waals surface area contributed by atoms with Crippen molar-refractivity contribution in [2.45, 2.75) is 17.6 Å². The molecule has 9 heteroatoms. The minimum atomic E-state index is -4.65. The molecule has 0 saturated heterocycles. The lowest BCUT2D eigenvalue weighted by atomic mass is 10.2. The SMILES string of the molecule is O=S(=O)(c1cccc(C(F)(F)F)c1)N(Cc1cnc2ccccn12)c1ccccc1. The summed E-state index contributed by atoms with van der Waals surface area (Å²) >= 11 is 0. The van der Waals surface area contributed by atoms with Gasteiger partial charge in [-0.2, -0.15) is 13.2 Å². The summed E-state index contributed by atoms with van der Waals surface area (Å²) in [4.78, 5) is 3.82. The Morgan fingerprint density at radius 3 is 2.40 bits per heavy atom. The largest absolute Gasteiger partial charge is 0.416 e. The quantitative estimate of drug-likeness (QED) is 0.458. The Labute approximate surface area is 171 Å². The Balaban J connectivity index is 1.82. The summed E-state index contributed by atoms with van der Waals surface area (Å²) in [5, 5.41) is 0. The molecule has 0 atom stereocenters. The van der Waals surface area contributed by atoms with Crippen molar-refractivity contribution in [2.24, 2.45) is 0 Å². The number of nitrogens with zero attached hydrogens (tertiary/aromatic N) is 3. The molecule has 2 aromatic heterocycles. The van der Waals surface area contributed by atoms with E-state index in [4.69, 9.17) is 0 Å². The van der Waals surface area contributed by atoms with Gasteiger partial charge in [0.25, 0.3) is 10.0 Å². The number of anilines is 1. The first-order chi connectivity index (χ1) is 14.3. The van der Waals surface area contributed by atoms with Crippen LogP contribution in [-0.4, -0.2) is 17.8 Å². The molecule has 5 nitrogen and oxygen atoms in total. The molecule has 154 valence electrons. The van der Waals surface area contributed by atoms with Crippen LogP contribution in [0.4, 0.5) is 18.9 Å². The van der Waals surface area contributed by atoms with E-state index in [0.29, 0.717) is 23.1 Å². The maximum Gasteiger partial charge on any atom is 0.416 e. The average Bonchev–Trinajstić information content (AvgIpc) is 3.15. The van der Waals surface area contributed by atoms with Crippen LogP contribution < -0.4 is 4.31 Å². The summed E-state index contributed by atoms with van der Waals surface area (Å²) in [6, 6.07) is 17.4. The van der Waals surface area contributed by atoms with Crippen LogP contribution in [-0.2, 0) is 22.7 Å². The van der Waals surface area contributed by atoms with Crippen molar-refractivity contribution in [3.63, 3.8) is 0 Å². The maximum atomic E-state index is 13.4. The summed E-state index contributed by atoms with van der Waals surface area (Å²) in [6.45, 7) is -0.103. The molecule has 0 N–H and O–H groups in total. The number of benzene rings is 2. The summed E-state index contributed by atoms with van der Waals surface area (Å²) in [6.07, 6.45) is -1.35. The molecule has 0 aliphatic carbocycles. The van der Waals surface area contributed by atoms with E-state index in [1.165, 1.54) is 0 Å². The van der Waals surface area contributed by atoms with E-state index in [-0.39, 0.29) is 6.54 Å². The zero-order valence-corrected chi connectivity index (χ0v) is 16.3. The molecule has 0 radical (unpaired) electrons. The van der Waals surface area contributed by atoms with Gasteiger partial charge in [0, 0.05) is 6.20 Å². The number of hydrogen-bond acceptors (Lipinski definition) is 3. The zero-order chi connectivity index (χ0) is 21.4. The molecule has 2 aromatic carbocycles. The lowest BCUT2D eigenvalue weighted by Gasteiger charge is -2.24. The third kappa shape index (κ3) is 3.76. The lowest BCUT2D eigenvalue weighted by molar-refractivity contribution is -0.137. The van der Waals surface area contributed by atoms with Crippen molar-refractivity contribution in [3.05, 3.63) is 96.4 Å². The zero-order valence-electron chi connectivity index (χ0n) is 15.5. The third-order valence-corrected chi connectivity index (χ3v) is 6.36. The first-order valence-corrected chi connectivity index (χ1v) is 10.4. The first-order valence-electron chi connectivity index (χ1n) is 8.93. The Kier molecular flexibility index (Phi) is 4.98. The molecule has 0 aliphatic rings. The second-order valence-electron chi connectivity index (χ2n) is 6.55. The van der Waals surface area contributed by atoms with Crippen LogP contribution in [0.1, 0.15) is 11.3 Å². The molecule has 0 aliphatic heterocycles. The highest BCUT2D eigenvalue weighted by atomic mass is 32.2. The van der Waals surface area contributed by atoms with Gasteiger partial charge in [-0.15, -0.1) is 0 Å². The van der Waals surface area contributed by atoms with Crippen LogP contribution in [0, 0.1) is 0 Å². The van der Waals surface area contributed by atoms with Gasteiger partial charge in [-0.3, -0.25) is 4.31 Å². The summed E-state index contributed by atoms with van der Waals surface area (Å²) in [7, 11) is -4.29. The number of sulfonamides is 1. The molecule has 4 rings (SSSR count). The van der Waals surface area contributed by atoms with E-state index in [2.05, 4.69) is 4.98 Å². The lowest BCUT2D eigenvalue weighted by Crippen LogP contribution is -2.31. The van der Waals surface area contributed by atoms with Gasteiger partial charge in [-0.1, -0.05) is 30.3 Å². The minimum Gasteiger partial charge on any atom is -0.302 e. The molecule has 4 aromatic rings. The fourth-order valence-corrected chi connectivity index (χ4v) is 4.60. The van der Waals surface area contributed by atoms with Crippen LogP contribution in [0.2, 0.25) is 0 Å². The highest BCUT2D eigenvalue weighted by Gasteiger charge is 2.33. The Morgan fingerprint density at radius 2 is 1.67 bits per heavy atom. The molecular weight excluding hydrogens is 415 g/mol. The fourth-order valence-electron chi connectivity index (χ4n) is 3.12. The van der Waals surface area contributed by atoms with Crippen molar-refractivity contribution in [1.29, 1.82) is 0 Å². The van der Waals surface area contributed by atoms with Crippen LogP contribution >= 0.6 is 0 Å². The summed E-state index contributed by atoms with van der Waals surface area (Å²) in [5.41, 5.74) is 0.522. The van der Waals surface area contributed by atoms with Gasteiger partial charge in [-0.25, -0.2) is 13.4 Å². The number of alkyl halides is 3. The van der Waals surface area contributed by atoms with E-state index in [1.54, 1.807) is 65.3 Å². The highest BCUT2D eigenvalue weighted by molar-refractivity contribution is 7.92. The van der Waals surface area contributed by atoms with E-state index in [9.17, 15) is 21.6 Å². The van der Waals surface area contributed by atoms with Crippen LogP contribution in [0.5, 0.6) is 0 Å². The normalized spacial score (nSPS) is 12.2. The van der Waals surface area contributed by atoms with Gasteiger partial charge in [0.1, 0.15) is 5.65 Å². The number of aromatic nitrogens is 2. The molecule has 0 bridgehead atoms. The number of hydrogen-bond donors (Lipinski definition) is 0. The standard InChI is InChI=1S/C21H16F3N3O2S/c22-21(23,24)16-7-6-10-19(13-16)30(28,29)27(17-8-2-1-3-9-17)15-18-14-25-20-11-4-5-12-26(18)20/h1-14H,15H2. The molecule has 0 unspecified atom stereocenters. The second kappa shape index (κ2) is 7.49. The predicted octanol–water partition coefficient (Wildman–Crippen LogP) is 4.75. The van der Waals surface area contributed by atoms with Gasteiger partial charge in [-0.05, 0) is 42.5 Å². The number of halogens is 3. The Morgan fingerprint density at radius 1 is 0.933 bits per heavy atom. The second-order valence-corrected chi connectivity index (χ2v) is 8.41. The van der Waals surface area contributed by atoms with Gasteiger partial charge in [0.15, 0.2) is 0 Å². The smallest absolute Gasteiger partial charge is 0.302 e. The molecule has 0 fully saturated rings. The number of pyridine rings is 1. The Bertz CT molecular complexity index is 1290. The summed E-state index contributed by atoms with van der Waals surface area (Å²) < 4.78 is 69.0. The molecule has 0 amide bonds. The van der Waals surface area contributed by atoms with Gasteiger partial charge in [0.2, 0.25) is 0 Å². The average molecular weight is 431 g/mol. The predicted molar refractivity (Wildman–Crippen MR) is 106 cm³/mol. The van der Waals surface area contributed by atoms with E-state index < -0.39 is 26.7 Å². The van der Waals surface area contributed by atoms with Crippen molar-refractivity contribution >= 4 is 21.4 Å². The minimum absolute atomic E-state index is 0.103. The van der Waals surface area contributed by atoms with Gasteiger partial charge >= 0.3 is 6.18 Å². The third-order valence-electron chi connectivity index (χ3n) is 4.59. The van der Waals surface area contributed by atoms with E-state index >= 15 is 0 Å². The molecule has 2 heterocycles. The summed E-state index contributed by atoms with van der Waals surface area (Å²) in [5.74, 6) is 0. The fraction of sp³-hybridized carbons (Fsp3) is 0.0952.